The molecular formula is C26H31NO. The van der Waals surface area contributed by atoms with Crippen molar-refractivity contribution in [3.8, 4) is 5.75 Å². The van der Waals surface area contributed by atoms with E-state index in [1.165, 1.54) is 16.7 Å². The number of methoxy groups -OCH3 is 1. The molecule has 1 N–H and O–H groups in total. The lowest BCUT2D eigenvalue weighted by atomic mass is 9.88. The summed E-state index contributed by atoms with van der Waals surface area (Å²) in [6.45, 7) is 3.29. The molecule has 28 heavy (non-hydrogen) atoms. The van der Waals surface area contributed by atoms with Crippen LogP contribution in [-0.4, -0.2) is 19.7 Å². The molecule has 1 atom stereocenters. The van der Waals surface area contributed by atoms with Crippen molar-refractivity contribution in [3.05, 3.63) is 102 Å². The molecule has 0 aliphatic carbocycles. The summed E-state index contributed by atoms with van der Waals surface area (Å²) < 4.78 is 5.23. The van der Waals surface area contributed by atoms with Gasteiger partial charge in [0.1, 0.15) is 5.75 Å². The van der Waals surface area contributed by atoms with Gasteiger partial charge in [0.15, 0.2) is 0 Å². The van der Waals surface area contributed by atoms with Crippen LogP contribution in [0.3, 0.4) is 0 Å². The van der Waals surface area contributed by atoms with Crippen molar-refractivity contribution < 1.29 is 4.74 Å². The minimum absolute atomic E-state index is 0.434. The molecule has 0 aliphatic heterocycles. The number of nitrogens with one attached hydrogen (secondary N) is 1. The van der Waals surface area contributed by atoms with Crippen molar-refractivity contribution in [2.45, 2.75) is 38.1 Å². The third kappa shape index (κ3) is 5.97. The van der Waals surface area contributed by atoms with E-state index in [4.69, 9.17) is 4.74 Å². The zero-order valence-electron chi connectivity index (χ0n) is 17.0. The molecular weight excluding hydrogens is 342 g/mol. The summed E-state index contributed by atoms with van der Waals surface area (Å²) in [5.74, 6) is 1.35. The predicted octanol–water partition coefficient (Wildman–Crippen LogP) is 5.83. The zero-order valence-corrected chi connectivity index (χ0v) is 17.0. The Bertz CT molecular complexity index is 759. The smallest absolute Gasteiger partial charge is 0.118 e. The summed E-state index contributed by atoms with van der Waals surface area (Å²) in [5, 5.41) is 3.72. The maximum Gasteiger partial charge on any atom is 0.118 e. The molecule has 3 rings (SSSR count). The van der Waals surface area contributed by atoms with E-state index in [2.05, 4.69) is 85.0 Å². The van der Waals surface area contributed by atoms with Crippen LogP contribution in [0.4, 0.5) is 0 Å². The lowest BCUT2D eigenvalue weighted by Gasteiger charge is -2.20. The Balaban J connectivity index is 1.50. The number of rotatable bonds is 10. The normalized spacial score (nSPS) is 12.1. The Kier molecular flexibility index (Phi) is 7.69. The summed E-state index contributed by atoms with van der Waals surface area (Å²) in [5.41, 5.74) is 4.14. The van der Waals surface area contributed by atoms with Gasteiger partial charge in [-0.3, -0.25) is 0 Å². The quantitative estimate of drug-likeness (QED) is 0.483. The molecule has 0 aliphatic rings. The molecule has 0 fully saturated rings. The first kappa shape index (κ1) is 20.2. The molecule has 0 radical (unpaired) electrons. The monoisotopic (exact) mass is 373 g/mol. The summed E-state index contributed by atoms with van der Waals surface area (Å²) in [4.78, 5) is 0. The molecule has 0 bridgehead atoms. The highest BCUT2D eigenvalue weighted by molar-refractivity contribution is 5.32. The van der Waals surface area contributed by atoms with E-state index in [1.54, 1.807) is 7.11 Å². The Hall–Kier alpha value is -2.58. The molecule has 0 aromatic heterocycles. The summed E-state index contributed by atoms with van der Waals surface area (Å²) in [7, 11) is 1.71. The molecule has 2 nitrogen and oxygen atoms in total. The van der Waals surface area contributed by atoms with Crippen molar-refractivity contribution in [3.63, 3.8) is 0 Å². The average molecular weight is 374 g/mol. The average Bonchev–Trinajstić information content (AvgIpc) is 2.77. The van der Waals surface area contributed by atoms with Crippen molar-refractivity contribution in [1.29, 1.82) is 0 Å². The number of hydrogen-bond acceptors (Lipinski definition) is 2. The van der Waals surface area contributed by atoms with Crippen LogP contribution >= 0.6 is 0 Å². The highest BCUT2D eigenvalue weighted by Crippen LogP contribution is 2.27. The standard InChI is InChI=1S/C26H31NO/c1-21(13-14-22-15-17-25(28-2)18-16-22)27-20-19-26(23-9-5-3-6-10-23)24-11-7-4-8-12-24/h3-12,15-18,21,26-27H,13-14,19-20H2,1-2H3/t21-/m0/s1. The second-order valence-electron chi connectivity index (χ2n) is 7.40. The fourth-order valence-corrected chi connectivity index (χ4v) is 3.65. The number of ether oxygens (including phenoxy) is 1. The molecule has 0 amide bonds. The largest absolute Gasteiger partial charge is 0.497 e. The minimum atomic E-state index is 0.434. The van der Waals surface area contributed by atoms with Gasteiger partial charge in [0.25, 0.3) is 0 Å². The van der Waals surface area contributed by atoms with Crippen LogP contribution < -0.4 is 10.1 Å². The van der Waals surface area contributed by atoms with Gasteiger partial charge in [0.05, 0.1) is 7.11 Å². The molecule has 0 spiro atoms. The lowest BCUT2D eigenvalue weighted by molar-refractivity contribution is 0.414. The van der Waals surface area contributed by atoms with Crippen molar-refractivity contribution in [2.75, 3.05) is 13.7 Å². The fourth-order valence-electron chi connectivity index (χ4n) is 3.65. The highest BCUT2D eigenvalue weighted by atomic mass is 16.5. The van der Waals surface area contributed by atoms with Gasteiger partial charge in [0.2, 0.25) is 0 Å². The van der Waals surface area contributed by atoms with E-state index in [9.17, 15) is 0 Å². The van der Waals surface area contributed by atoms with Gasteiger partial charge in [-0.15, -0.1) is 0 Å². The van der Waals surface area contributed by atoms with Crippen molar-refractivity contribution >= 4 is 0 Å². The lowest BCUT2D eigenvalue weighted by Crippen LogP contribution is -2.28. The molecule has 0 heterocycles. The zero-order chi connectivity index (χ0) is 19.6. The maximum atomic E-state index is 5.23. The topological polar surface area (TPSA) is 21.3 Å². The van der Waals surface area contributed by atoms with Gasteiger partial charge in [-0.1, -0.05) is 72.8 Å². The van der Waals surface area contributed by atoms with E-state index < -0.39 is 0 Å². The summed E-state index contributed by atoms with van der Waals surface area (Å²) in [6, 6.07) is 30.6. The fraction of sp³-hybridized carbons (Fsp3) is 0.308. The van der Waals surface area contributed by atoms with Gasteiger partial charge in [-0.25, -0.2) is 0 Å². The molecule has 0 unspecified atom stereocenters. The third-order valence-corrected chi connectivity index (χ3v) is 5.35. The van der Waals surface area contributed by atoms with E-state index in [1.807, 2.05) is 12.1 Å². The van der Waals surface area contributed by atoms with Gasteiger partial charge in [-0.2, -0.15) is 0 Å². The SMILES string of the molecule is COc1ccc(CC[C@H](C)NCCC(c2ccccc2)c2ccccc2)cc1. The van der Waals surface area contributed by atoms with E-state index in [-0.39, 0.29) is 0 Å². The second-order valence-corrected chi connectivity index (χ2v) is 7.40. The van der Waals surface area contributed by atoms with Crippen molar-refractivity contribution in [1.82, 2.24) is 5.32 Å². The minimum Gasteiger partial charge on any atom is -0.497 e. The first-order valence-electron chi connectivity index (χ1n) is 10.2. The van der Waals surface area contributed by atoms with E-state index in [0.717, 1.165) is 31.6 Å². The number of hydrogen-bond donors (Lipinski definition) is 1. The van der Waals surface area contributed by atoms with Gasteiger partial charge >= 0.3 is 0 Å². The van der Waals surface area contributed by atoms with Crippen LogP contribution in [0, 0.1) is 0 Å². The third-order valence-electron chi connectivity index (χ3n) is 5.35. The predicted molar refractivity (Wildman–Crippen MR) is 118 cm³/mol. The Morgan fingerprint density at radius 3 is 1.86 bits per heavy atom. The molecule has 2 heteroatoms. The molecule has 3 aromatic carbocycles. The van der Waals surface area contributed by atoms with Crippen LogP contribution in [0.25, 0.3) is 0 Å². The number of aryl methyl sites for hydroxylation is 1. The van der Waals surface area contributed by atoms with Crippen LogP contribution in [0.5, 0.6) is 5.75 Å². The molecule has 0 saturated carbocycles. The maximum absolute atomic E-state index is 5.23. The summed E-state index contributed by atoms with van der Waals surface area (Å²) in [6.07, 6.45) is 3.31. The van der Waals surface area contributed by atoms with Crippen molar-refractivity contribution in [2.24, 2.45) is 0 Å². The van der Waals surface area contributed by atoms with Gasteiger partial charge < -0.3 is 10.1 Å². The summed E-state index contributed by atoms with van der Waals surface area (Å²) >= 11 is 0. The number of benzene rings is 3. The first-order chi connectivity index (χ1) is 13.8. The first-order valence-corrected chi connectivity index (χ1v) is 10.2. The highest BCUT2D eigenvalue weighted by Gasteiger charge is 2.14. The molecule has 3 aromatic rings. The van der Waals surface area contributed by atoms with E-state index >= 15 is 0 Å². The Labute approximate surface area is 169 Å². The second kappa shape index (κ2) is 10.7. The molecule has 0 saturated heterocycles. The van der Waals surface area contributed by atoms with Crippen LogP contribution in [0.1, 0.15) is 42.4 Å². The van der Waals surface area contributed by atoms with Gasteiger partial charge in [-0.05, 0) is 61.6 Å². The van der Waals surface area contributed by atoms with Crippen LogP contribution in [0.2, 0.25) is 0 Å². The van der Waals surface area contributed by atoms with Crippen LogP contribution in [0.15, 0.2) is 84.9 Å². The Morgan fingerprint density at radius 1 is 0.750 bits per heavy atom. The van der Waals surface area contributed by atoms with E-state index in [0.29, 0.717) is 12.0 Å². The van der Waals surface area contributed by atoms with Gasteiger partial charge in [0, 0.05) is 12.0 Å². The Morgan fingerprint density at radius 2 is 1.32 bits per heavy atom. The molecule has 146 valence electrons. The van der Waals surface area contributed by atoms with Crippen LogP contribution in [-0.2, 0) is 6.42 Å².